The summed E-state index contributed by atoms with van der Waals surface area (Å²) in [6, 6.07) is 6.42. The van der Waals surface area contributed by atoms with E-state index in [0.29, 0.717) is 29.5 Å². The van der Waals surface area contributed by atoms with E-state index < -0.39 is 6.03 Å². The van der Waals surface area contributed by atoms with Crippen LogP contribution in [0.3, 0.4) is 0 Å². The number of anilines is 6. The van der Waals surface area contributed by atoms with Crippen LogP contribution in [0.15, 0.2) is 43.2 Å². The number of methoxy groups -OCH3 is 2. The summed E-state index contributed by atoms with van der Waals surface area (Å²) in [4.78, 5) is 40.0. The lowest BCUT2D eigenvalue weighted by molar-refractivity contribution is -0.111. The molecule has 0 saturated carbocycles. The first-order chi connectivity index (χ1) is 21.1. The fraction of sp³-hybridized carbons (Fsp3) is 0.310. The zero-order valence-electron chi connectivity index (χ0n) is 24.6. The second kappa shape index (κ2) is 13.0. The number of nitrogens with zero attached hydrogens (tertiary/aromatic N) is 5. The number of benzene rings is 2. The molecule has 1 saturated heterocycles. The lowest BCUT2D eigenvalue weighted by Crippen LogP contribution is -2.56. The van der Waals surface area contributed by atoms with E-state index in [1.807, 2.05) is 12.1 Å². The number of aromatic nitrogens is 2. The minimum atomic E-state index is -0.586. The van der Waals surface area contributed by atoms with E-state index in [-0.39, 0.29) is 45.0 Å². The molecule has 1 fully saturated rings. The summed E-state index contributed by atoms with van der Waals surface area (Å²) in [7, 11) is 6.49. The van der Waals surface area contributed by atoms with Crippen LogP contribution < -0.4 is 40.0 Å². The highest BCUT2D eigenvalue weighted by atomic mass is 35.5. The Hall–Kier alpha value is -4.46. The van der Waals surface area contributed by atoms with E-state index >= 15 is 0 Å². The van der Waals surface area contributed by atoms with Crippen LogP contribution in [-0.2, 0) is 4.79 Å². The van der Waals surface area contributed by atoms with Gasteiger partial charge in [-0.15, -0.1) is 0 Å². The van der Waals surface area contributed by atoms with Crippen molar-refractivity contribution in [3.63, 3.8) is 0 Å². The van der Waals surface area contributed by atoms with Gasteiger partial charge in [-0.1, -0.05) is 29.8 Å². The van der Waals surface area contributed by atoms with Crippen molar-refractivity contribution in [2.45, 2.75) is 6.04 Å². The van der Waals surface area contributed by atoms with Crippen molar-refractivity contribution < 1.29 is 23.8 Å². The van der Waals surface area contributed by atoms with E-state index in [0.717, 1.165) is 25.3 Å². The quantitative estimate of drug-likeness (QED) is 0.293. The number of nitrogens with one attached hydrogen (secondary N) is 3. The Kier molecular flexibility index (Phi) is 9.18. The molecule has 2 aromatic carbocycles. The molecule has 232 valence electrons. The lowest BCUT2D eigenvalue weighted by Gasteiger charge is -2.44. The summed E-state index contributed by atoms with van der Waals surface area (Å²) in [6.45, 7) is 6.74. The van der Waals surface area contributed by atoms with Crippen LogP contribution in [0.1, 0.15) is 0 Å². The minimum absolute atomic E-state index is 0.108. The number of hydrogen-bond donors (Lipinski definition) is 3. The van der Waals surface area contributed by atoms with Crippen LogP contribution in [0.25, 0.3) is 0 Å². The van der Waals surface area contributed by atoms with Crippen molar-refractivity contribution in [3.8, 4) is 17.2 Å². The highest BCUT2D eigenvalue weighted by Gasteiger charge is 2.33. The first kappa shape index (κ1) is 31.0. The van der Waals surface area contributed by atoms with Crippen molar-refractivity contribution in [2.75, 3.05) is 80.3 Å². The molecule has 5 rings (SSSR count). The Bertz CT molecular complexity index is 1580. The average Bonchev–Trinajstić information content (AvgIpc) is 3.02. The van der Waals surface area contributed by atoms with E-state index in [1.54, 1.807) is 6.07 Å². The third-order valence-corrected chi connectivity index (χ3v) is 8.09. The summed E-state index contributed by atoms with van der Waals surface area (Å²) in [5, 5.41) is 9.00. The van der Waals surface area contributed by atoms with Gasteiger partial charge in [-0.2, -0.15) is 0 Å². The van der Waals surface area contributed by atoms with Crippen LogP contribution in [0.5, 0.6) is 17.2 Å². The monoisotopic (exact) mass is 642 g/mol. The van der Waals surface area contributed by atoms with Gasteiger partial charge in [0.25, 0.3) is 0 Å². The predicted octanol–water partition coefficient (Wildman–Crippen LogP) is 4.85. The number of halogens is 2. The van der Waals surface area contributed by atoms with Gasteiger partial charge < -0.3 is 40.0 Å². The van der Waals surface area contributed by atoms with Crippen LogP contribution >= 0.6 is 23.2 Å². The van der Waals surface area contributed by atoms with E-state index in [1.165, 1.54) is 44.6 Å². The molecule has 3 N–H and O–H groups in total. The summed E-state index contributed by atoms with van der Waals surface area (Å²) < 4.78 is 16.7. The van der Waals surface area contributed by atoms with Crippen molar-refractivity contribution in [1.82, 2.24) is 14.9 Å². The third-order valence-electron chi connectivity index (χ3n) is 7.34. The van der Waals surface area contributed by atoms with Crippen LogP contribution in [-0.4, -0.2) is 87.4 Å². The number of carbonyl (C=O) groups is 2. The standard InChI is InChI=1S/C29H32Cl2N8O5/c1-6-25(40)35-17-9-19-20(44-14-16-13-37(2)7-8-39(16)19)10-18(17)34-23-12-24(33-15-32-23)38(3)29(41)36-28-26(30)21(42-4)11-22(43-5)27(28)31/h6,9-12,15-16H,1,7-8,13-14H2,2-5H3,(H,35,40)(H,36,41)(H,32,33,34)/t16-/m0/s1. The van der Waals surface area contributed by atoms with E-state index in [4.69, 9.17) is 37.4 Å². The van der Waals surface area contributed by atoms with Crippen LogP contribution in [0, 0.1) is 0 Å². The smallest absolute Gasteiger partial charge is 0.327 e. The van der Waals surface area contributed by atoms with Gasteiger partial charge in [0, 0.05) is 44.9 Å². The Labute approximate surface area is 264 Å². The minimum Gasteiger partial charge on any atom is -0.495 e. The number of piperazine rings is 1. The summed E-state index contributed by atoms with van der Waals surface area (Å²) in [5.74, 6) is 1.47. The molecule has 15 heteroatoms. The average molecular weight is 644 g/mol. The molecule has 3 aromatic rings. The molecule has 2 aliphatic rings. The fourth-order valence-corrected chi connectivity index (χ4v) is 5.58. The lowest BCUT2D eigenvalue weighted by atomic mass is 10.1. The number of likely N-dealkylation sites (N-methyl/N-ethyl adjacent to an activating group) is 1. The van der Waals surface area contributed by atoms with E-state index in [2.05, 4.69) is 49.3 Å². The number of fused-ring (bicyclic) bond motifs is 3. The van der Waals surface area contributed by atoms with Crippen LogP contribution in [0.2, 0.25) is 10.0 Å². The predicted molar refractivity (Wildman–Crippen MR) is 172 cm³/mol. The van der Waals surface area contributed by atoms with Gasteiger partial charge in [0.1, 0.15) is 51.9 Å². The van der Waals surface area contributed by atoms with Gasteiger partial charge in [0.15, 0.2) is 0 Å². The van der Waals surface area contributed by atoms with Gasteiger partial charge >= 0.3 is 6.03 Å². The number of ether oxygens (including phenoxy) is 3. The Balaban J connectivity index is 1.41. The summed E-state index contributed by atoms with van der Waals surface area (Å²) in [6.07, 6.45) is 2.51. The summed E-state index contributed by atoms with van der Waals surface area (Å²) >= 11 is 12.8. The Morgan fingerprint density at radius 2 is 1.80 bits per heavy atom. The topological polar surface area (TPSA) is 133 Å². The van der Waals surface area contributed by atoms with Crippen molar-refractivity contribution in [3.05, 3.63) is 53.3 Å². The van der Waals surface area contributed by atoms with E-state index in [9.17, 15) is 9.59 Å². The second-order valence-electron chi connectivity index (χ2n) is 10.1. The molecule has 44 heavy (non-hydrogen) atoms. The summed E-state index contributed by atoms with van der Waals surface area (Å²) in [5.41, 5.74) is 2.06. The molecule has 3 heterocycles. The molecule has 0 spiro atoms. The second-order valence-corrected chi connectivity index (χ2v) is 10.9. The van der Waals surface area contributed by atoms with Crippen molar-refractivity contribution >= 4 is 69.5 Å². The number of amides is 3. The largest absolute Gasteiger partial charge is 0.495 e. The Morgan fingerprint density at radius 3 is 2.48 bits per heavy atom. The molecule has 13 nitrogen and oxygen atoms in total. The highest BCUT2D eigenvalue weighted by Crippen LogP contribution is 2.45. The first-order valence-corrected chi connectivity index (χ1v) is 14.3. The zero-order chi connectivity index (χ0) is 31.5. The third kappa shape index (κ3) is 6.25. The highest BCUT2D eigenvalue weighted by molar-refractivity contribution is 6.41. The van der Waals surface area contributed by atoms with Crippen molar-refractivity contribution in [1.29, 1.82) is 0 Å². The van der Waals surface area contributed by atoms with Gasteiger partial charge in [-0.25, -0.2) is 14.8 Å². The van der Waals surface area contributed by atoms with Gasteiger partial charge in [-0.3, -0.25) is 9.69 Å². The zero-order valence-corrected chi connectivity index (χ0v) is 26.1. The maximum absolute atomic E-state index is 13.2. The van der Waals surface area contributed by atoms with Gasteiger partial charge in [-0.05, 0) is 19.2 Å². The van der Waals surface area contributed by atoms with Gasteiger partial charge in [0.05, 0.1) is 43.0 Å². The molecule has 0 bridgehead atoms. The number of hydrogen-bond acceptors (Lipinski definition) is 10. The normalized spacial score (nSPS) is 15.7. The number of urea groups is 1. The molecule has 3 amide bonds. The molecule has 1 atom stereocenters. The molecule has 0 aliphatic carbocycles. The first-order valence-electron chi connectivity index (χ1n) is 13.6. The molecular weight excluding hydrogens is 611 g/mol. The maximum atomic E-state index is 13.2. The molecular formula is C29H32Cl2N8O5. The fourth-order valence-electron chi connectivity index (χ4n) is 4.98. The Morgan fingerprint density at radius 1 is 1.07 bits per heavy atom. The SMILES string of the molecule is C=CC(=O)Nc1cc2c(cc1Nc1cc(N(C)C(=O)Nc3c(Cl)c(OC)cc(OC)c3Cl)ncn1)OC[C@@H]1CN(C)CCN21. The maximum Gasteiger partial charge on any atom is 0.327 e. The van der Waals surface area contributed by atoms with Crippen LogP contribution in [0.4, 0.5) is 39.2 Å². The van der Waals surface area contributed by atoms with Gasteiger partial charge in [0.2, 0.25) is 5.91 Å². The molecule has 1 aromatic heterocycles. The molecule has 0 radical (unpaired) electrons. The molecule has 0 unspecified atom stereocenters. The number of rotatable bonds is 8. The van der Waals surface area contributed by atoms with Crippen molar-refractivity contribution in [2.24, 2.45) is 0 Å². The molecule has 2 aliphatic heterocycles. The number of carbonyl (C=O) groups excluding carboxylic acids is 2.